The Hall–Kier alpha value is -2.06. The van der Waals surface area contributed by atoms with Crippen LogP contribution in [0.4, 0.5) is 0 Å². The van der Waals surface area contributed by atoms with Crippen LogP contribution in [0.3, 0.4) is 0 Å². The lowest BCUT2D eigenvalue weighted by atomic mass is 9.96. The van der Waals surface area contributed by atoms with Crippen molar-refractivity contribution in [3.8, 4) is 6.07 Å². The number of sulfonamides is 1. The topological polar surface area (TPSA) is 61.2 Å². The molecule has 0 amide bonds. The predicted molar refractivity (Wildman–Crippen MR) is 84.2 cm³/mol. The first-order valence-electron chi connectivity index (χ1n) is 7.41. The number of nitrogens with zero attached hydrogens (tertiary/aromatic N) is 2. The molecular formula is C17H18N2O2S. The maximum atomic E-state index is 12.7. The third-order valence-corrected chi connectivity index (χ3v) is 6.19. The quantitative estimate of drug-likeness (QED) is 0.788. The summed E-state index contributed by atoms with van der Waals surface area (Å²) >= 11 is 0. The Morgan fingerprint density at radius 1 is 1.27 bits per heavy atom. The minimum Gasteiger partial charge on any atom is -0.273 e. The minimum atomic E-state index is -3.51. The molecule has 1 saturated carbocycles. The molecule has 2 aliphatic rings. The first-order valence-corrected chi connectivity index (χ1v) is 8.85. The molecule has 0 saturated heterocycles. The molecular weight excluding hydrogens is 296 g/mol. The second-order valence-corrected chi connectivity index (χ2v) is 7.73. The van der Waals surface area contributed by atoms with Crippen molar-refractivity contribution in [2.24, 2.45) is 5.92 Å². The van der Waals surface area contributed by atoms with E-state index in [1.807, 2.05) is 19.1 Å². The first-order chi connectivity index (χ1) is 10.5. The number of rotatable bonds is 2. The van der Waals surface area contributed by atoms with E-state index >= 15 is 0 Å². The van der Waals surface area contributed by atoms with E-state index in [-0.39, 0.29) is 0 Å². The van der Waals surface area contributed by atoms with Crippen LogP contribution < -0.4 is 0 Å². The Balaban J connectivity index is 1.97. The number of fused-ring (bicyclic) bond motifs is 1. The van der Waals surface area contributed by atoms with E-state index < -0.39 is 10.0 Å². The summed E-state index contributed by atoms with van der Waals surface area (Å²) in [5.41, 5.74) is 3.03. The van der Waals surface area contributed by atoms with Crippen molar-refractivity contribution in [1.29, 1.82) is 5.26 Å². The van der Waals surface area contributed by atoms with Gasteiger partial charge in [-0.3, -0.25) is 4.31 Å². The van der Waals surface area contributed by atoms with Crippen LogP contribution in [0.5, 0.6) is 0 Å². The van der Waals surface area contributed by atoms with E-state index in [2.05, 4.69) is 6.07 Å². The fraction of sp³-hybridized carbons (Fsp3) is 0.353. The monoisotopic (exact) mass is 314 g/mol. The second-order valence-electron chi connectivity index (χ2n) is 5.84. The summed E-state index contributed by atoms with van der Waals surface area (Å²) in [6.45, 7) is 2.44. The van der Waals surface area contributed by atoms with Gasteiger partial charge in [0.05, 0.1) is 11.0 Å². The summed E-state index contributed by atoms with van der Waals surface area (Å²) in [6.07, 6.45) is 5.98. The van der Waals surface area contributed by atoms with E-state index in [4.69, 9.17) is 5.26 Å². The van der Waals surface area contributed by atoms with Gasteiger partial charge in [0.15, 0.2) is 0 Å². The van der Waals surface area contributed by atoms with Crippen molar-refractivity contribution < 1.29 is 8.42 Å². The second kappa shape index (κ2) is 5.62. The molecule has 1 fully saturated rings. The predicted octanol–water partition coefficient (Wildman–Crippen LogP) is 3.13. The van der Waals surface area contributed by atoms with Crippen LogP contribution in [0.15, 0.2) is 52.6 Å². The average molecular weight is 314 g/mol. The molecule has 1 aliphatic heterocycles. The molecule has 22 heavy (non-hydrogen) atoms. The zero-order valence-electron chi connectivity index (χ0n) is 12.5. The van der Waals surface area contributed by atoms with Gasteiger partial charge < -0.3 is 0 Å². The molecule has 3 rings (SSSR count). The maximum Gasteiger partial charge on any atom is 0.263 e. The first kappa shape index (κ1) is 14.9. The number of hydrogen-bond acceptors (Lipinski definition) is 3. The number of benzene rings is 1. The highest BCUT2D eigenvalue weighted by Gasteiger charge is 2.33. The zero-order valence-corrected chi connectivity index (χ0v) is 13.3. The van der Waals surface area contributed by atoms with Gasteiger partial charge in [0, 0.05) is 18.8 Å². The van der Waals surface area contributed by atoms with Gasteiger partial charge in [0.1, 0.15) is 0 Å². The number of nitriles is 1. The molecule has 1 heterocycles. The highest BCUT2D eigenvalue weighted by molar-refractivity contribution is 7.89. The summed E-state index contributed by atoms with van der Waals surface area (Å²) in [5, 5.41) is 8.86. The number of aryl methyl sites for hydroxylation is 1. The Bertz CT molecular complexity index is 783. The molecule has 114 valence electrons. The molecule has 1 atom stereocenters. The van der Waals surface area contributed by atoms with Gasteiger partial charge in [0.2, 0.25) is 0 Å². The average Bonchev–Trinajstić information content (AvgIpc) is 2.91. The van der Waals surface area contributed by atoms with E-state index in [0.29, 0.717) is 17.4 Å². The molecule has 0 spiro atoms. The standard InChI is InChI=1S/C17H18N2O2S/c1-13-2-6-16(7-3-13)22(20,21)19-11-9-15-5-4-14(8-10-18)17(15)12-19/h2-3,6-8,12,15H,4-5,9,11H2,1H3/b14-8+. The lowest BCUT2D eigenvalue weighted by molar-refractivity contribution is 0.420. The number of hydrogen-bond donors (Lipinski definition) is 0. The fourth-order valence-electron chi connectivity index (χ4n) is 3.15. The molecule has 4 nitrogen and oxygen atoms in total. The van der Waals surface area contributed by atoms with Gasteiger partial charge in [-0.1, -0.05) is 17.7 Å². The number of allylic oxidation sites excluding steroid dienone is 3. The minimum absolute atomic E-state index is 0.317. The van der Waals surface area contributed by atoms with Crippen LogP contribution in [-0.4, -0.2) is 19.3 Å². The van der Waals surface area contributed by atoms with Gasteiger partial charge >= 0.3 is 0 Å². The normalized spacial score (nSPS) is 23.1. The zero-order chi connectivity index (χ0) is 15.7. The van der Waals surface area contributed by atoms with E-state index in [1.165, 1.54) is 4.31 Å². The van der Waals surface area contributed by atoms with Crippen LogP contribution in [0.1, 0.15) is 24.8 Å². The molecule has 0 aromatic heterocycles. The molecule has 1 unspecified atom stereocenters. The fourth-order valence-corrected chi connectivity index (χ4v) is 4.50. The van der Waals surface area contributed by atoms with Gasteiger partial charge in [0.25, 0.3) is 10.0 Å². The Morgan fingerprint density at radius 3 is 2.68 bits per heavy atom. The van der Waals surface area contributed by atoms with Crippen LogP contribution in [0.25, 0.3) is 0 Å². The molecule has 1 aromatic rings. The van der Waals surface area contributed by atoms with E-state index in [9.17, 15) is 8.42 Å². The van der Waals surface area contributed by atoms with Gasteiger partial charge in [-0.15, -0.1) is 0 Å². The Morgan fingerprint density at radius 2 is 2.00 bits per heavy atom. The summed E-state index contributed by atoms with van der Waals surface area (Å²) in [6, 6.07) is 8.98. The Labute approximate surface area is 131 Å². The van der Waals surface area contributed by atoms with Crippen LogP contribution in [-0.2, 0) is 10.0 Å². The summed E-state index contributed by atoms with van der Waals surface area (Å²) in [5.74, 6) is 0.393. The SMILES string of the molecule is Cc1ccc(S(=O)(=O)N2C=C3/C(=C/C#N)CCC3CC2)cc1. The molecule has 0 bridgehead atoms. The summed E-state index contributed by atoms with van der Waals surface area (Å²) in [4.78, 5) is 0.317. The maximum absolute atomic E-state index is 12.7. The van der Waals surface area contributed by atoms with Crippen molar-refractivity contribution in [2.45, 2.75) is 31.1 Å². The Kier molecular flexibility index (Phi) is 3.79. The van der Waals surface area contributed by atoms with Crippen molar-refractivity contribution in [3.05, 3.63) is 53.3 Å². The largest absolute Gasteiger partial charge is 0.273 e. The molecule has 1 aliphatic carbocycles. The highest BCUT2D eigenvalue weighted by Crippen LogP contribution is 2.41. The van der Waals surface area contributed by atoms with Gasteiger partial charge in [-0.25, -0.2) is 8.42 Å². The van der Waals surface area contributed by atoms with Crippen molar-refractivity contribution in [1.82, 2.24) is 4.31 Å². The third kappa shape index (κ3) is 2.55. The van der Waals surface area contributed by atoms with Crippen molar-refractivity contribution in [3.63, 3.8) is 0 Å². The highest BCUT2D eigenvalue weighted by atomic mass is 32.2. The van der Waals surface area contributed by atoms with Crippen molar-refractivity contribution >= 4 is 10.0 Å². The summed E-state index contributed by atoms with van der Waals surface area (Å²) in [7, 11) is -3.51. The van der Waals surface area contributed by atoms with Gasteiger partial charge in [-0.2, -0.15) is 5.26 Å². The van der Waals surface area contributed by atoms with Gasteiger partial charge in [-0.05, 0) is 55.4 Å². The lowest BCUT2D eigenvalue weighted by Gasteiger charge is -2.28. The summed E-state index contributed by atoms with van der Waals surface area (Å²) < 4.78 is 26.9. The van der Waals surface area contributed by atoms with Crippen LogP contribution >= 0.6 is 0 Å². The van der Waals surface area contributed by atoms with Crippen LogP contribution in [0.2, 0.25) is 0 Å². The van der Waals surface area contributed by atoms with Crippen molar-refractivity contribution in [2.75, 3.05) is 6.54 Å². The smallest absolute Gasteiger partial charge is 0.263 e. The third-order valence-electron chi connectivity index (χ3n) is 4.42. The molecule has 1 aromatic carbocycles. The van der Waals surface area contributed by atoms with E-state index in [1.54, 1.807) is 24.4 Å². The molecule has 5 heteroatoms. The molecule has 0 radical (unpaired) electrons. The molecule has 0 N–H and O–H groups in total. The van der Waals surface area contributed by atoms with E-state index in [0.717, 1.165) is 36.0 Å². The van der Waals surface area contributed by atoms with Crippen LogP contribution in [0, 0.1) is 24.2 Å². The lowest BCUT2D eigenvalue weighted by Crippen LogP contribution is -2.32.